The van der Waals surface area contributed by atoms with E-state index in [0.29, 0.717) is 30.2 Å². The minimum atomic E-state index is -4.76. The van der Waals surface area contributed by atoms with E-state index in [1.165, 1.54) is 24.3 Å². The molecule has 2 aromatic carbocycles. The SMILES string of the molecule is Nc1nccc2cc(NC(=O)CCCN(CCO)c3ccc(OC(F)(F)F)cc3)ccc12. The van der Waals surface area contributed by atoms with Gasteiger partial charge in [0.2, 0.25) is 5.91 Å². The van der Waals surface area contributed by atoms with Gasteiger partial charge in [-0.3, -0.25) is 4.79 Å². The molecule has 0 fully saturated rings. The van der Waals surface area contributed by atoms with E-state index >= 15 is 0 Å². The third-order valence-corrected chi connectivity index (χ3v) is 4.72. The van der Waals surface area contributed by atoms with Crippen molar-refractivity contribution >= 4 is 33.9 Å². The predicted molar refractivity (Wildman–Crippen MR) is 116 cm³/mol. The molecule has 170 valence electrons. The van der Waals surface area contributed by atoms with Crippen LogP contribution < -0.4 is 20.7 Å². The van der Waals surface area contributed by atoms with Gasteiger partial charge in [-0.25, -0.2) is 4.98 Å². The summed E-state index contributed by atoms with van der Waals surface area (Å²) in [4.78, 5) is 18.1. The number of nitrogens with one attached hydrogen (secondary N) is 1. The first kappa shape index (κ1) is 23.1. The maximum absolute atomic E-state index is 12.3. The Balaban J connectivity index is 1.54. The molecule has 0 spiro atoms. The van der Waals surface area contributed by atoms with Crippen LogP contribution in [0.3, 0.4) is 0 Å². The summed E-state index contributed by atoms with van der Waals surface area (Å²) < 4.78 is 40.8. The summed E-state index contributed by atoms with van der Waals surface area (Å²) in [5.74, 6) is -0.0795. The number of nitrogens with two attached hydrogens (primary N) is 1. The minimum absolute atomic E-state index is 0.137. The van der Waals surface area contributed by atoms with Crippen molar-refractivity contribution < 1.29 is 27.8 Å². The molecule has 1 amide bonds. The predicted octanol–water partition coefficient (Wildman–Crippen LogP) is 3.93. The average Bonchev–Trinajstić information content (AvgIpc) is 2.73. The van der Waals surface area contributed by atoms with Gasteiger partial charge in [0.05, 0.1) is 6.61 Å². The van der Waals surface area contributed by atoms with Crippen LogP contribution in [0.4, 0.5) is 30.4 Å². The van der Waals surface area contributed by atoms with Crippen LogP contribution in [-0.2, 0) is 4.79 Å². The summed E-state index contributed by atoms with van der Waals surface area (Å²) in [6, 6.07) is 12.5. The highest BCUT2D eigenvalue weighted by molar-refractivity contribution is 5.97. The van der Waals surface area contributed by atoms with Crippen LogP contribution in [0.5, 0.6) is 5.75 Å². The molecule has 4 N–H and O–H groups in total. The number of carbonyl (C=O) groups is 1. The number of fused-ring (bicyclic) bond motifs is 1. The summed E-state index contributed by atoms with van der Waals surface area (Å²) >= 11 is 0. The number of rotatable bonds is 9. The largest absolute Gasteiger partial charge is 0.573 e. The van der Waals surface area contributed by atoms with Crippen LogP contribution in [0.2, 0.25) is 0 Å². The van der Waals surface area contributed by atoms with Crippen molar-refractivity contribution in [3.8, 4) is 5.75 Å². The van der Waals surface area contributed by atoms with Crippen molar-refractivity contribution in [2.75, 3.05) is 35.6 Å². The second kappa shape index (κ2) is 10.2. The molecule has 1 heterocycles. The number of halogens is 3. The lowest BCUT2D eigenvalue weighted by Gasteiger charge is -2.24. The Kier molecular flexibility index (Phi) is 7.37. The smallest absolute Gasteiger partial charge is 0.406 e. The van der Waals surface area contributed by atoms with Crippen LogP contribution in [0.1, 0.15) is 12.8 Å². The van der Waals surface area contributed by atoms with Gasteiger partial charge in [0.25, 0.3) is 0 Å². The zero-order chi connectivity index (χ0) is 23.1. The van der Waals surface area contributed by atoms with Crippen LogP contribution in [-0.4, -0.2) is 42.1 Å². The van der Waals surface area contributed by atoms with Gasteiger partial charge in [0, 0.05) is 42.5 Å². The van der Waals surface area contributed by atoms with Crippen LogP contribution in [0.25, 0.3) is 10.8 Å². The van der Waals surface area contributed by atoms with E-state index in [2.05, 4.69) is 15.0 Å². The van der Waals surface area contributed by atoms with Crippen molar-refractivity contribution in [1.82, 2.24) is 4.98 Å². The first-order valence-corrected chi connectivity index (χ1v) is 9.91. The first-order valence-electron chi connectivity index (χ1n) is 9.91. The number of aliphatic hydroxyl groups is 1. The number of hydrogen-bond acceptors (Lipinski definition) is 6. The number of amides is 1. The highest BCUT2D eigenvalue weighted by Crippen LogP contribution is 2.26. The number of hydrogen-bond donors (Lipinski definition) is 3. The molecule has 3 rings (SSSR count). The zero-order valence-electron chi connectivity index (χ0n) is 17.1. The maximum Gasteiger partial charge on any atom is 0.573 e. The molecule has 0 radical (unpaired) electrons. The Hall–Kier alpha value is -3.53. The Morgan fingerprint density at radius 2 is 1.88 bits per heavy atom. The molecule has 0 bridgehead atoms. The summed E-state index contributed by atoms with van der Waals surface area (Å²) in [7, 11) is 0. The Morgan fingerprint density at radius 3 is 2.56 bits per heavy atom. The number of nitrogen functional groups attached to an aromatic ring is 1. The fraction of sp³-hybridized carbons (Fsp3) is 0.273. The summed E-state index contributed by atoms with van der Waals surface area (Å²) in [5, 5.41) is 13.8. The van der Waals surface area contributed by atoms with Gasteiger partial charge in [-0.05, 0) is 60.3 Å². The lowest BCUT2D eigenvalue weighted by molar-refractivity contribution is -0.274. The second-order valence-corrected chi connectivity index (χ2v) is 7.04. The van der Waals surface area contributed by atoms with E-state index < -0.39 is 6.36 Å². The third kappa shape index (κ3) is 6.48. The molecule has 0 unspecified atom stereocenters. The lowest BCUT2D eigenvalue weighted by atomic mass is 10.1. The number of nitrogens with zero attached hydrogens (tertiary/aromatic N) is 2. The molecule has 0 aliphatic carbocycles. The third-order valence-electron chi connectivity index (χ3n) is 4.72. The minimum Gasteiger partial charge on any atom is -0.406 e. The topological polar surface area (TPSA) is 101 Å². The second-order valence-electron chi connectivity index (χ2n) is 7.04. The van der Waals surface area contributed by atoms with Gasteiger partial charge in [0.1, 0.15) is 11.6 Å². The monoisotopic (exact) mass is 448 g/mol. The van der Waals surface area contributed by atoms with Crippen molar-refractivity contribution in [2.24, 2.45) is 0 Å². The molecule has 0 saturated heterocycles. The molecule has 0 aliphatic rings. The molecule has 1 aromatic heterocycles. The average molecular weight is 448 g/mol. The van der Waals surface area contributed by atoms with Crippen molar-refractivity contribution in [2.45, 2.75) is 19.2 Å². The Morgan fingerprint density at radius 1 is 1.12 bits per heavy atom. The maximum atomic E-state index is 12.3. The standard InChI is InChI=1S/C22H23F3N4O3/c23-22(24,25)32-18-6-4-17(5-7-18)29(12-13-30)11-1-2-20(31)28-16-3-8-19-15(14-16)9-10-27-21(19)26/h3-10,14,30H,1-2,11-13H2,(H2,26,27)(H,28,31). The number of aliphatic hydroxyl groups excluding tert-OH is 1. The molecule has 7 nitrogen and oxygen atoms in total. The highest BCUT2D eigenvalue weighted by atomic mass is 19.4. The number of carbonyl (C=O) groups excluding carboxylic acids is 1. The van der Waals surface area contributed by atoms with E-state index in [-0.39, 0.29) is 31.2 Å². The molecular formula is C22H23F3N4O3. The number of anilines is 3. The van der Waals surface area contributed by atoms with Crippen LogP contribution in [0, 0.1) is 0 Å². The summed E-state index contributed by atoms with van der Waals surface area (Å²) in [6.45, 7) is 0.580. The number of aromatic nitrogens is 1. The van der Waals surface area contributed by atoms with Gasteiger partial charge in [0.15, 0.2) is 0 Å². The van der Waals surface area contributed by atoms with Gasteiger partial charge >= 0.3 is 6.36 Å². The molecular weight excluding hydrogens is 425 g/mol. The quantitative estimate of drug-likeness (QED) is 0.459. The van der Waals surface area contributed by atoms with E-state index in [4.69, 9.17) is 5.73 Å². The van der Waals surface area contributed by atoms with Gasteiger partial charge in [-0.2, -0.15) is 0 Å². The number of ether oxygens (including phenoxy) is 1. The molecule has 3 aromatic rings. The molecule has 10 heteroatoms. The van der Waals surface area contributed by atoms with Gasteiger partial charge < -0.3 is 25.8 Å². The Labute approximate surface area is 182 Å². The van der Waals surface area contributed by atoms with Gasteiger partial charge in [-0.15, -0.1) is 13.2 Å². The van der Waals surface area contributed by atoms with E-state index in [1.807, 2.05) is 6.07 Å². The van der Waals surface area contributed by atoms with E-state index in [0.717, 1.165) is 10.8 Å². The summed E-state index contributed by atoms with van der Waals surface area (Å²) in [5.41, 5.74) is 7.09. The highest BCUT2D eigenvalue weighted by Gasteiger charge is 2.31. The van der Waals surface area contributed by atoms with E-state index in [9.17, 15) is 23.1 Å². The Bertz CT molecular complexity index is 1060. The zero-order valence-corrected chi connectivity index (χ0v) is 17.1. The van der Waals surface area contributed by atoms with Crippen LogP contribution >= 0.6 is 0 Å². The lowest BCUT2D eigenvalue weighted by Crippen LogP contribution is -2.28. The van der Waals surface area contributed by atoms with Gasteiger partial charge in [-0.1, -0.05) is 0 Å². The van der Waals surface area contributed by atoms with Crippen molar-refractivity contribution in [1.29, 1.82) is 0 Å². The van der Waals surface area contributed by atoms with E-state index in [1.54, 1.807) is 29.3 Å². The van der Waals surface area contributed by atoms with Crippen molar-refractivity contribution in [3.05, 3.63) is 54.7 Å². The molecule has 0 saturated carbocycles. The number of pyridine rings is 1. The fourth-order valence-electron chi connectivity index (χ4n) is 3.28. The first-order chi connectivity index (χ1) is 15.2. The normalized spacial score (nSPS) is 11.4. The number of benzene rings is 2. The number of alkyl halides is 3. The van der Waals surface area contributed by atoms with Crippen molar-refractivity contribution in [3.63, 3.8) is 0 Å². The summed E-state index contributed by atoms with van der Waals surface area (Å²) in [6.07, 6.45) is -2.44. The fourth-order valence-corrected chi connectivity index (χ4v) is 3.28. The molecule has 0 atom stereocenters. The molecule has 0 aliphatic heterocycles. The van der Waals surface area contributed by atoms with Crippen LogP contribution in [0.15, 0.2) is 54.7 Å². The molecule has 32 heavy (non-hydrogen) atoms.